The van der Waals surface area contributed by atoms with Crippen LogP contribution in [0.4, 0.5) is 5.69 Å². The molecule has 1 aromatic heterocycles. The fourth-order valence-corrected chi connectivity index (χ4v) is 2.20. The highest BCUT2D eigenvalue weighted by Gasteiger charge is 2.08. The van der Waals surface area contributed by atoms with Crippen molar-refractivity contribution in [2.75, 3.05) is 5.32 Å². The number of nitrogens with one attached hydrogen (secondary N) is 1. The van der Waals surface area contributed by atoms with Crippen molar-refractivity contribution in [1.82, 2.24) is 20.2 Å². The Morgan fingerprint density at radius 1 is 1.00 bits per heavy atom. The molecule has 0 aliphatic rings. The Balaban J connectivity index is 1.81. The molecule has 5 nitrogen and oxygen atoms in total. The van der Waals surface area contributed by atoms with Crippen LogP contribution in [-0.2, 0) is 6.54 Å². The monoisotopic (exact) mass is 279 g/mol. The maximum Gasteiger partial charge on any atom is 0.175 e. The van der Waals surface area contributed by atoms with Crippen molar-refractivity contribution < 1.29 is 0 Å². The molecule has 3 rings (SSSR count). The van der Waals surface area contributed by atoms with E-state index in [-0.39, 0.29) is 0 Å². The van der Waals surface area contributed by atoms with Crippen LogP contribution in [-0.4, -0.2) is 20.2 Å². The van der Waals surface area contributed by atoms with Crippen molar-refractivity contribution in [1.29, 1.82) is 0 Å². The standard InChI is InChI=1S/C16H17N5/c1-12-7-6-10-15(13(12)2)17-11-16-18-19-20-21(16)14-8-4-3-5-9-14/h3-10,17H,11H2,1-2H3. The number of aryl methyl sites for hydroxylation is 1. The Bertz CT molecular complexity index is 733. The van der Waals surface area contributed by atoms with Gasteiger partial charge in [-0.25, -0.2) is 0 Å². The van der Waals surface area contributed by atoms with Gasteiger partial charge in [-0.05, 0) is 53.6 Å². The first-order valence-corrected chi connectivity index (χ1v) is 6.88. The Hall–Kier alpha value is -2.69. The topological polar surface area (TPSA) is 55.6 Å². The molecule has 0 radical (unpaired) electrons. The zero-order valence-corrected chi connectivity index (χ0v) is 12.1. The van der Waals surface area contributed by atoms with Crippen LogP contribution in [0.2, 0.25) is 0 Å². The first-order chi connectivity index (χ1) is 10.3. The molecule has 0 aliphatic carbocycles. The molecule has 1 heterocycles. The molecule has 0 amide bonds. The summed E-state index contributed by atoms with van der Waals surface area (Å²) in [6.45, 7) is 4.79. The average Bonchev–Trinajstić information content (AvgIpc) is 2.98. The van der Waals surface area contributed by atoms with E-state index in [9.17, 15) is 0 Å². The maximum absolute atomic E-state index is 4.10. The third kappa shape index (κ3) is 2.76. The van der Waals surface area contributed by atoms with Gasteiger partial charge in [0.25, 0.3) is 0 Å². The van der Waals surface area contributed by atoms with E-state index in [4.69, 9.17) is 0 Å². The van der Waals surface area contributed by atoms with E-state index < -0.39 is 0 Å². The van der Waals surface area contributed by atoms with Crippen LogP contribution in [0, 0.1) is 13.8 Å². The maximum atomic E-state index is 4.10. The fourth-order valence-electron chi connectivity index (χ4n) is 2.20. The van der Waals surface area contributed by atoms with Gasteiger partial charge >= 0.3 is 0 Å². The number of tetrazole rings is 1. The summed E-state index contributed by atoms with van der Waals surface area (Å²) in [4.78, 5) is 0. The number of hydrogen-bond donors (Lipinski definition) is 1. The summed E-state index contributed by atoms with van der Waals surface area (Å²) in [5.74, 6) is 0.780. The number of benzene rings is 2. The van der Waals surface area contributed by atoms with Crippen molar-refractivity contribution in [2.24, 2.45) is 0 Å². The molecule has 0 fully saturated rings. The van der Waals surface area contributed by atoms with E-state index in [0.29, 0.717) is 6.54 Å². The number of anilines is 1. The zero-order valence-electron chi connectivity index (χ0n) is 12.1. The largest absolute Gasteiger partial charge is 0.377 e. The summed E-state index contributed by atoms with van der Waals surface area (Å²) in [6.07, 6.45) is 0. The molecule has 0 saturated carbocycles. The molecule has 5 heteroatoms. The highest BCUT2D eigenvalue weighted by Crippen LogP contribution is 2.18. The SMILES string of the molecule is Cc1cccc(NCc2nnnn2-c2ccccc2)c1C. The summed E-state index contributed by atoms with van der Waals surface area (Å²) in [7, 11) is 0. The van der Waals surface area contributed by atoms with Crippen molar-refractivity contribution in [3.8, 4) is 5.69 Å². The van der Waals surface area contributed by atoms with E-state index in [2.05, 4.69) is 46.8 Å². The molecule has 21 heavy (non-hydrogen) atoms. The van der Waals surface area contributed by atoms with E-state index in [1.807, 2.05) is 36.4 Å². The average molecular weight is 279 g/mol. The molecule has 0 unspecified atom stereocenters. The second kappa shape index (κ2) is 5.75. The van der Waals surface area contributed by atoms with E-state index in [1.165, 1.54) is 11.1 Å². The minimum absolute atomic E-state index is 0.576. The molecule has 0 spiro atoms. The number of nitrogens with zero attached hydrogens (tertiary/aromatic N) is 4. The first-order valence-electron chi connectivity index (χ1n) is 6.88. The molecule has 1 N–H and O–H groups in total. The summed E-state index contributed by atoms with van der Waals surface area (Å²) >= 11 is 0. The van der Waals surface area contributed by atoms with Gasteiger partial charge in [0.05, 0.1) is 12.2 Å². The van der Waals surface area contributed by atoms with Crippen molar-refractivity contribution >= 4 is 5.69 Å². The molecule has 0 saturated heterocycles. The van der Waals surface area contributed by atoms with Crippen LogP contribution >= 0.6 is 0 Å². The summed E-state index contributed by atoms with van der Waals surface area (Å²) in [5, 5.41) is 15.3. The molecular weight excluding hydrogens is 262 g/mol. The Kier molecular flexibility index (Phi) is 3.64. The van der Waals surface area contributed by atoms with Gasteiger partial charge in [-0.15, -0.1) is 5.10 Å². The van der Waals surface area contributed by atoms with Gasteiger partial charge in [0.15, 0.2) is 5.82 Å². The third-order valence-corrected chi connectivity index (χ3v) is 3.58. The lowest BCUT2D eigenvalue weighted by Gasteiger charge is -2.11. The van der Waals surface area contributed by atoms with Gasteiger partial charge in [0.1, 0.15) is 0 Å². The Morgan fingerprint density at radius 3 is 2.62 bits per heavy atom. The zero-order chi connectivity index (χ0) is 14.7. The Morgan fingerprint density at radius 2 is 1.81 bits per heavy atom. The van der Waals surface area contributed by atoms with Crippen molar-refractivity contribution in [3.05, 3.63) is 65.5 Å². The molecule has 0 atom stereocenters. The molecule has 106 valence electrons. The molecule has 0 aliphatic heterocycles. The van der Waals surface area contributed by atoms with Crippen molar-refractivity contribution in [2.45, 2.75) is 20.4 Å². The summed E-state index contributed by atoms with van der Waals surface area (Å²) in [5.41, 5.74) is 4.58. The lowest BCUT2D eigenvalue weighted by atomic mass is 10.1. The number of para-hydroxylation sites is 1. The molecule has 0 bridgehead atoms. The lowest BCUT2D eigenvalue weighted by Crippen LogP contribution is -2.09. The van der Waals surface area contributed by atoms with Crippen LogP contribution < -0.4 is 5.32 Å². The summed E-state index contributed by atoms with van der Waals surface area (Å²) in [6, 6.07) is 16.1. The van der Waals surface area contributed by atoms with Gasteiger partial charge in [-0.3, -0.25) is 0 Å². The van der Waals surface area contributed by atoms with E-state index in [0.717, 1.165) is 17.2 Å². The number of rotatable bonds is 4. The second-order valence-corrected chi connectivity index (χ2v) is 4.94. The minimum atomic E-state index is 0.576. The first kappa shape index (κ1) is 13.3. The predicted octanol–water partition coefficient (Wildman–Crippen LogP) is 2.89. The van der Waals surface area contributed by atoms with Crippen LogP contribution in [0.3, 0.4) is 0 Å². The highest BCUT2D eigenvalue weighted by atomic mass is 15.5. The van der Waals surface area contributed by atoms with Gasteiger partial charge in [-0.1, -0.05) is 30.3 Å². The molecule has 3 aromatic rings. The van der Waals surface area contributed by atoms with Crippen LogP contribution in [0.5, 0.6) is 0 Å². The van der Waals surface area contributed by atoms with Crippen molar-refractivity contribution in [3.63, 3.8) is 0 Å². The highest BCUT2D eigenvalue weighted by molar-refractivity contribution is 5.53. The molecular formula is C16H17N5. The normalized spacial score (nSPS) is 10.6. The van der Waals surface area contributed by atoms with E-state index >= 15 is 0 Å². The number of aromatic nitrogens is 4. The van der Waals surface area contributed by atoms with Gasteiger partial charge in [0.2, 0.25) is 0 Å². The predicted molar refractivity (Wildman–Crippen MR) is 82.4 cm³/mol. The van der Waals surface area contributed by atoms with Crippen LogP contribution in [0.25, 0.3) is 5.69 Å². The van der Waals surface area contributed by atoms with Gasteiger partial charge < -0.3 is 5.32 Å². The van der Waals surface area contributed by atoms with E-state index in [1.54, 1.807) is 4.68 Å². The fraction of sp³-hybridized carbons (Fsp3) is 0.188. The minimum Gasteiger partial charge on any atom is -0.377 e. The summed E-state index contributed by atoms with van der Waals surface area (Å²) < 4.78 is 1.75. The number of hydrogen-bond acceptors (Lipinski definition) is 4. The third-order valence-electron chi connectivity index (χ3n) is 3.58. The van der Waals surface area contributed by atoms with Crippen LogP contribution in [0.1, 0.15) is 17.0 Å². The molecule has 2 aromatic carbocycles. The van der Waals surface area contributed by atoms with Gasteiger partial charge in [0, 0.05) is 5.69 Å². The lowest BCUT2D eigenvalue weighted by molar-refractivity contribution is 0.768. The van der Waals surface area contributed by atoms with Gasteiger partial charge in [-0.2, -0.15) is 4.68 Å². The van der Waals surface area contributed by atoms with Crippen LogP contribution in [0.15, 0.2) is 48.5 Å². The smallest absolute Gasteiger partial charge is 0.175 e. The Labute approximate surface area is 123 Å². The second-order valence-electron chi connectivity index (χ2n) is 4.94. The quantitative estimate of drug-likeness (QED) is 0.798.